The number of halogens is 2. The van der Waals surface area contributed by atoms with Crippen molar-refractivity contribution in [1.29, 1.82) is 0 Å². The molecule has 0 saturated carbocycles. The van der Waals surface area contributed by atoms with Crippen molar-refractivity contribution >= 4 is 16.9 Å². The second-order valence-electron chi connectivity index (χ2n) is 7.12. The van der Waals surface area contributed by atoms with E-state index in [4.69, 9.17) is 14.2 Å². The van der Waals surface area contributed by atoms with Gasteiger partial charge >= 0.3 is 6.01 Å². The quantitative estimate of drug-likeness (QED) is 0.365. The van der Waals surface area contributed by atoms with Gasteiger partial charge in [-0.15, -0.1) is 0 Å². The van der Waals surface area contributed by atoms with Gasteiger partial charge < -0.3 is 24.6 Å². The van der Waals surface area contributed by atoms with E-state index >= 15 is 0 Å². The number of aliphatic hydroxyl groups is 1. The highest BCUT2D eigenvalue weighted by Crippen LogP contribution is 2.38. The van der Waals surface area contributed by atoms with Crippen LogP contribution in [0.4, 0.5) is 14.6 Å². The summed E-state index contributed by atoms with van der Waals surface area (Å²) in [7, 11) is 3.08. The average molecular weight is 457 g/mol. The van der Waals surface area contributed by atoms with E-state index in [1.807, 2.05) is 0 Å². The van der Waals surface area contributed by atoms with Crippen molar-refractivity contribution in [3.63, 3.8) is 0 Å². The Morgan fingerprint density at radius 3 is 2.58 bits per heavy atom. The second-order valence-corrected chi connectivity index (χ2v) is 7.12. The second kappa shape index (κ2) is 9.25. The van der Waals surface area contributed by atoms with Crippen LogP contribution in [0.1, 0.15) is 6.92 Å². The Hall–Kier alpha value is -3.99. The summed E-state index contributed by atoms with van der Waals surface area (Å²) in [6.45, 7) is 1.78. The molecule has 11 heteroatoms. The SMILES string of the molecule is COc1ccc(-c2[nH]nc3nc(Oc4ccc(F)cc4F)nc(NCC(C)O)c23)c(OC)c1. The molecule has 0 bridgehead atoms. The van der Waals surface area contributed by atoms with Crippen molar-refractivity contribution in [2.24, 2.45) is 0 Å². The van der Waals surface area contributed by atoms with Gasteiger partial charge in [-0.25, -0.2) is 8.78 Å². The van der Waals surface area contributed by atoms with Crippen LogP contribution in [0, 0.1) is 11.6 Å². The van der Waals surface area contributed by atoms with E-state index in [0.29, 0.717) is 40.0 Å². The summed E-state index contributed by atoms with van der Waals surface area (Å²) in [6, 6.07) is 7.97. The molecule has 0 saturated heterocycles. The maximum Gasteiger partial charge on any atom is 0.326 e. The molecule has 4 rings (SSSR count). The van der Waals surface area contributed by atoms with Crippen LogP contribution in [0.15, 0.2) is 36.4 Å². The number of ether oxygens (including phenoxy) is 3. The van der Waals surface area contributed by atoms with E-state index in [-0.39, 0.29) is 24.0 Å². The van der Waals surface area contributed by atoms with Crippen LogP contribution in [-0.4, -0.2) is 52.1 Å². The Morgan fingerprint density at radius 2 is 1.88 bits per heavy atom. The zero-order chi connectivity index (χ0) is 23.5. The molecule has 9 nitrogen and oxygen atoms in total. The van der Waals surface area contributed by atoms with E-state index in [9.17, 15) is 13.9 Å². The topological polar surface area (TPSA) is 114 Å². The Balaban J connectivity index is 1.83. The van der Waals surface area contributed by atoms with E-state index in [1.165, 1.54) is 7.11 Å². The fourth-order valence-corrected chi connectivity index (χ4v) is 3.18. The van der Waals surface area contributed by atoms with Crippen molar-refractivity contribution in [3.05, 3.63) is 48.0 Å². The normalized spacial score (nSPS) is 11.9. The molecule has 0 radical (unpaired) electrons. The van der Waals surface area contributed by atoms with Gasteiger partial charge in [0.1, 0.15) is 23.1 Å². The lowest BCUT2D eigenvalue weighted by molar-refractivity contribution is 0.208. The summed E-state index contributed by atoms with van der Waals surface area (Å²) >= 11 is 0. The van der Waals surface area contributed by atoms with Crippen LogP contribution in [-0.2, 0) is 0 Å². The Morgan fingerprint density at radius 1 is 1.06 bits per heavy atom. The average Bonchev–Trinajstić information content (AvgIpc) is 3.22. The molecular formula is C22H21F2N5O4. The van der Waals surface area contributed by atoms with E-state index < -0.39 is 17.7 Å². The molecule has 2 heterocycles. The molecule has 0 fully saturated rings. The molecule has 0 aliphatic carbocycles. The lowest BCUT2D eigenvalue weighted by Gasteiger charge is -2.13. The summed E-state index contributed by atoms with van der Waals surface area (Å²) in [5.74, 6) is -0.455. The number of hydrogen-bond donors (Lipinski definition) is 3. The van der Waals surface area contributed by atoms with E-state index in [1.54, 1.807) is 32.2 Å². The molecular weight excluding hydrogens is 436 g/mol. The number of fused-ring (bicyclic) bond motifs is 1. The highest BCUT2D eigenvalue weighted by atomic mass is 19.1. The first-order valence-corrected chi connectivity index (χ1v) is 9.93. The summed E-state index contributed by atoms with van der Waals surface area (Å²) in [5, 5.41) is 20.5. The third-order valence-electron chi connectivity index (χ3n) is 4.73. The van der Waals surface area contributed by atoms with Crippen molar-refractivity contribution in [2.45, 2.75) is 13.0 Å². The highest BCUT2D eigenvalue weighted by molar-refractivity contribution is 6.00. The fourth-order valence-electron chi connectivity index (χ4n) is 3.18. The highest BCUT2D eigenvalue weighted by Gasteiger charge is 2.21. The van der Waals surface area contributed by atoms with Crippen molar-refractivity contribution in [2.75, 3.05) is 26.1 Å². The number of methoxy groups -OCH3 is 2. The Labute approximate surface area is 187 Å². The molecule has 0 spiro atoms. The molecule has 1 unspecified atom stereocenters. The number of nitrogens with zero attached hydrogens (tertiary/aromatic N) is 3. The molecule has 33 heavy (non-hydrogen) atoms. The number of hydrogen-bond acceptors (Lipinski definition) is 8. The summed E-state index contributed by atoms with van der Waals surface area (Å²) in [4.78, 5) is 8.59. The molecule has 172 valence electrons. The Kier molecular flexibility index (Phi) is 6.22. The number of aliphatic hydroxyl groups excluding tert-OH is 1. The van der Waals surface area contributed by atoms with Gasteiger partial charge in [-0.3, -0.25) is 5.10 Å². The number of H-pyrrole nitrogens is 1. The Bertz CT molecular complexity index is 1300. The molecule has 3 N–H and O–H groups in total. The van der Waals surface area contributed by atoms with Gasteiger partial charge in [0.25, 0.3) is 0 Å². The minimum Gasteiger partial charge on any atom is -0.497 e. The zero-order valence-corrected chi connectivity index (χ0v) is 18.0. The number of aromatic amines is 1. The van der Waals surface area contributed by atoms with Crippen LogP contribution in [0.3, 0.4) is 0 Å². The van der Waals surface area contributed by atoms with Gasteiger partial charge in [-0.1, -0.05) is 0 Å². The first-order chi connectivity index (χ1) is 15.9. The van der Waals surface area contributed by atoms with Crippen LogP contribution in [0.5, 0.6) is 23.3 Å². The molecule has 0 aliphatic heterocycles. The number of aromatic nitrogens is 4. The first kappa shape index (κ1) is 22.2. The number of benzene rings is 2. The molecule has 2 aromatic carbocycles. The van der Waals surface area contributed by atoms with Gasteiger partial charge in [0, 0.05) is 24.2 Å². The van der Waals surface area contributed by atoms with Crippen LogP contribution < -0.4 is 19.5 Å². The predicted molar refractivity (Wildman–Crippen MR) is 117 cm³/mol. The van der Waals surface area contributed by atoms with E-state index in [0.717, 1.165) is 12.1 Å². The minimum absolute atomic E-state index is 0.167. The summed E-state index contributed by atoms with van der Waals surface area (Å²) in [5.41, 5.74) is 1.45. The summed E-state index contributed by atoms with van der Waals surface area (Å²) in [6.07, 6.45) is -0.681. The van der Waals surface area contributed by atoms with Crippen LogP contribution >= 0.6 is 0 Å². The third kappa shape index (κ3) is 4.62. The maximum absolute atomic E-state index is 14.1. The number of rotatable bonds is 8. The van der Waals surface area contributed by atoms with Crippen molar-refractivity contribution < 1.29 is 28.1 Å². The number of nitrogens with one attached hydrogen (secondary N) is 2. The molecule has 2 aromatic heterocycles. The van der Waals surface area contributed by atoms with E-state index in [2.05, 4.69) is 25.5 Å². The molecule has 1 atom stereocenters. The van der Waals surface area contributed by atoms with Gasteiger partial charge in [-0.2, -0.15) is 15.1 Å². The third-order valence-corrected chi connectivity index (χ3v) is 4.73. The standard InChI is InChI=1S/C22H21F2N5O4/c1-11(30)10-25-20-18-19(14-6-5-13(31-2)9-17(14)32-3)28-29-21(18)27-22(26-20)33-16-7-4-12(23)8-15(16)24/h4-9,11,30H,10H2,1-3H3,(H2,25,26,27,28,29). The van der Waals surface area contributed by atoms with Gasteiger partial charge in [0.05, 0.1) is 31.4 Å². The fraction of sp³-hybridized carbons (Fsp3) is 0.227. The maximum atomic E-state index is 14.1. The van der Waals surface area contributed by atoms with Gasteiger partial charge in [-0.05, 0) is 31.2 Å². The molecule has 0 aliphatic rings. The van der Waals surface area contributed by atoms with Crippen LogP contribution in [0.2, 0.25) is 0 Å². The number of anilines is 1. The van der Waals surface area contributed by atoms with Crippen molar-refractivity contribution in [3.8, 4) is 34.5 Å². The molecule has 4 aromatic rings. The van der Waals surface area contributed by atoms with Gasteiger partial charge in [0.2, 0.25) is 0 Å². The minimum atomic E-state index is -0.900. The zero-order valence-electron chi connectivity index (χ0n) is 18.0. The lowest BCUT2D eigenvalue weighted by atomic mass is 10.1. The molecule has 0 amide bonds. The van der Waals surface area contributed by atoms with Gasteiger partial charge in [0.15, 0.2) is 17.2 Å². The lowest BCUT2D eigenvalue weighted by Crippen LogP contribution is -2.16. The summed E-state index contributed by atoms with van der Waals surface area (Å²) < 4.78 is 43.5. The monoisotopic (exact) mass is 457 g/mol. The largest absolute Gasteiger partial charge is 0.497 e. The van der Waals surface area contributed by atoms with Crippen molar-refractivity contribution in [1.82, 2.24) is 20.2 Å². The van der Waals surface area contributed by atoms with Crippen LogP contribution in [0.25, 0.3) is 22.3 Å². The first-order valence-electron chi connectivity index (χ1n) is 9.93. The predicted octanol–water partition coefficient (Wildman–Crippen LogP) is 3.90. The smallest absolute Gasteiger partial charge is 0.326 e.